The second-order valence-corrected chi connectivity index (χ2v) is 5.24. The number of benzene rings is 2. The van der Waals surface area contributed by atoms with E-state index in [1.165, 1.54) is 5.56 Å². The second-order valence-electron chi connectivity index (χ2n) is 5.24. The molecule has 0 saturated heterocycles. The Bertz CT molecular complexity index is 643. The van der Waals surface area contributed by atoms with Gasteiger partial charge in [-0.3, -0.25) is 4.79 Å². The largest absolute Gasteiger partial charge is 0.378 e. The number of aryl methyl sites for hydroxylation is 1. The molecule has 0 bridgehead atoms. The number of nitrogens with zero attached hydrogens (tertiary/aromatic N) is 2. The number of amides is 1. The average Bonchev–Trinajstić information content (AvgIpc) is 2.55. The zero-order valence-corrected chi connectivity index (χ0v) is 13.2. The van der Waals surface area contributed by atoms with Crippen LogP contribution in [0, 0.1) is 0 Å². The first-order valence-corrected chi connectivity index (χ1v) is 7.30. The molecule has 1 N–H and O–H groups in total. The van der Waals surface area contributed by atoms with E-state index in [0.717, 1.165) is 17.7 Å². The Morgan fingerprint density at radius 2 is 1.73 bits per heavy atom. The maximum atomic E-state index is 12.0. The van der Waals surface area contributed by atoms with Crippen molar-refractivity contribution in [2.75, 3.05) is 19.0 Å². The summed E-state index contributed by atoms with van der Waals surface area (Å²) in [4.78, 5) is 14.0. The van der Waals surface area contributed by atoms with Crippen molar-refractivity contribution in [1.82, 2.24) is 5.43 Å². The highest BCUT2D eigenvalue weighted by Crippen LogP contribution is 2.12. The van der Waals surface area contributed by atoms with Crippen LogP contribution in [0.5, 0.6) is 0 Å². The third-order valence-electron chi connectivity index (χ3n) is 3.41. The molecule has 2 aromatic rings. The quantitative estimate of drug-likeness (QED) is 0.680. The summed E-state index contributed by atoms with van der Waals surface area (Å²) in [5.41, 5.74) is 6.42. The molecule has 0 heterocycles. The number of hydrogen-bond acceptors (Lipinski definition) is 3. The van der Waals surface area contributed by atoms with Gasteiger partial charge in [0.05, 0.1) is 6.21 Å². The SMILES string of the molecule is CCc1ccc(/C=N/NC(=O)c2ccc(N(C)C)cc2)cc1. The van der Waals surface area contributed by atoms with Crippen LogP contribution in [-0.2, 0) is 6.42 Å². The van der Waals surface area contributed by atoms with Gasteiger partial charge in [0.15, 0.2) is 0 Å². The number of nitrogens with one attached hydrogen (secondary N) is 1. The normalized spacial score (nSPS) is 10.7. The van der Waals surface area contributed by atoms with Gasteiger partial charge in [-0.05, 0) is 41.8 Å². The summed E-state index contributed by atoms with van der Waals surface area (Å²) in [5.74, 6) is -0.216. The van der Waals surface area contributed by atoms with Crippen LogP contribution in [0.1, 0.15) is 28.4 Å². The fraction of sp³-hybridized carbons (Fsp3) is 0.222. The van der Waals surface area contributed by atoms with E-state index >= 15 is 0 Å². The van der Waals surface area contributed by atoms with Crippen molar-refractivity contribution in [1.29, 1.82) is 0 Å². The first kappa shape index (κ1) is 15.8. The van der Waals surface area contributed by atoms with Crippen molar-refractivity contribution in [2.45, 2.75) is 13.3 Å². The van der Waals surface area contributed by atoms with E-state index in [9.17, 15) is 4.79 Å². The van der Waals surface area contributed by atoms with Crippen LogP contribution in [0.2, 0.25) is 0 Å². The lowest BCUT2D eigenvalue weighted by molar-refractivity contribution is 0.0955. The van der Waals surface area contributed by atoms with Crippen molar-refractivity contribution in [2.24, 2.45) is 5.10 Å². The van der Waals surface area contributed by atoms with E-state index in [0.29, 0.717) is 5.56 Å². The zero-order valence-electron chi connectivity index (χ0n) is 13.2. The van der Waals surface area contributed by atoms with Crippen molar-refractivity contribution in [3.05, 3.63) is 65.2 Å². The third kappa shape index (κ3) is 4.19. The highest BCUT2D eigenvalue weighted by atomic mass is 16.2. The van der Waals surface area contributed by atoms with E-state index in [-0.39, 0.29) is 5.91 Å². The fourth-order valence-corrected chi connectivity index (χ4v) is 1.98. The van der Waals surface area contributed by atoms with Crippen LogP contribution < -0.4 is 10.3 Å². The van der Waals surface area contributed by atoms with Gasteiger partial charge in [-0.1, -0.05) is 31.2 Å². The molecule has 0 atom stereocenters. The summed E-state index contributed by atoms with van der Waals surface area (Å²) in [6, 6.07) is 15.5. The maximum Gasteiger partial charge on any atom is 0.271 e. The molecular formula is C18H21N3O. The lowest BCUT2D eigenvalue weighted by Crippen LogP contribution is -2.17. The minimum Gasteiger partial charge on any atom is -0.378 e. The van der Waals surface area contributed by atoms with Crippen LogP contribution in [0.4, 0.5) is 5.69 Å². The van der Waals surface area contributed by atoms with E-state index in [4.69, 9.17) is 0 Å². The number of carbonyl (C=O) groups excluding carboxylic acids is 1. The van der Waals surface area contributed by atoms with Gasteiger partial charge in [0.2, 0.25) is 0 Å². The van der Waals surface area contributed by atoms with Crippen LogP contribution in [0.15, 0.2) is 53.6 Å². The summed E-state index contributed by atoms with van der Waals surface area (Å²) in [7, 11) is 3.92. The molecule has 0 aliphatic heterocycles. The molecule has 1 amide bonds. The van der Waals surface area contributed by atoms with Gasteiger partial charge < -0.3 is 4.90 Å². The molecule has 0 spiro atoms. The second kappa shape index (κ2) is 7.41. The number of carbonyl (C=O) groups is 1. The Balaban J connectivity index is 1.95. The Morgan fingerprint density at radius 3 is 2.27 bits per heavy atom. The van der Waals surface area contributed by atoms with Crippen LogP contribution in [0.3, 0.4) is 0 Å². The molecule has 0 aromatic heterocycles. The van der Waals surface area contributed by atoms with Crippen molar-refractivity contribution < 1.29 is 4.79 Å². The molecule has 2 rings (SSSR count). The number of hydrazone groups is 1. The lowest BCUT2D eigenvalue weighted by Gasteiger charge is -2.12. The number of rotatable bonds is 5. The summed E-state index contributed by atoms with van der Waals surface area (Å²) < 4.78 is 0. The average molecular weight is 295 g/mol. The highest BCUT2D eigenvalue weighted by molar-refractivity contribution is 5.95. The molecular weight excluding hydrogens is 274 g/mol. The third-order valence-corrected chi connectivity index (χ3v) is 3.41. The molecule has 2 aromatic carbocycles. The summed E-state index contributed by atoms with van der Waals surface area (Å²) in [6.45, 7) is 2.12. The van der Waals surface area contributed by atoms with Gasteiger partial charge in [-0.15, -0.1) is 0 Å². The maximum absolute atomic E-state index is 12.0. The standard InChI is InChI=1S/C18H21N3O/c1-4-14-5-7-15(8-6-14)13-19-20-18(22)16-9-11-17(12-10-16)21(2)3/h5-13H,4H2,1-3H3,(H,20,22)/b19-13+. The topological polar surface area (TPSA) is 44.7 Å². The van der Waals surface area contributed by atoms with Crippen LogP contribution in [-0.4, -0.2) is 26.2 Å². The summed E-state index contributed by atoms with van der Waals surface area (Å²) in [5, 5.41) is 4.00. The summed E-state index contributed by atoms with van der Waals surface area (Å²) in [6.07, 6.45) is 2.66. The lowest BCUT2D eigenvalue weighted by atomic mass is 10.1. The van der Waals surface area contributed by atoms with Gasteiger partial charge in [0.25, 0.3) is 5.91 Å². The van der Waals surface area contributed by atoms with Crippen LogP contribution >= 0.6 is 0 Å². The van der Waals surface area contributed by atoms with E-state index in [1.54, 1.807) is 18.3 Å². The van der Waals surface area contributed by atoms with Gasteiger partial charge in [-0.25, -0.2) is 5.43 Å². The molecule has 0 unspecified atom stereocenters. The van der Waals surface area contributed by atoms with Gasteiger partial charge in [0, 0.05) is 25.3 Å². The van der Waals surface area contributed by atoms with Crippen molar-refractivity contribution in [3.63, 3.8) is 0 Å². The molecule has 0 aliphatic carbocycles. The minimum absolute atomic E-state index is 0.216. The fourth-order valence-electron chi connectivity index (χ4n) is 1.98. The van der Waals surface area contributed by atoms with Crippen molar-refractivity contribution >= 4 is 17.8 Å². The monoisotopic (exact) mass is 295 g/mol. The molecule has 22 heavy (non-hydrogen) atoms. The smallest absolute Gasteiger partial charge is 0.271 e. The number of hydrogen-bond donors (Lipinski definition) is 1. The molecule has 0 fully saturated rings. The Hall–Kier alpha value is -2.62. The van der Waals surface area contributed by atoms with E-state index < -0.39 is 0 Å². The first-order valence-electron chi connectivity index (χ1n) is 7.30. The van der Waals surface area contributed by atoms with E-state index in [2.05, 4.69) is 29.6 Å². The zero-order chi connectivity index (χ0) is 15.9. The Kier molecular flexibility index (Phi) is 5.31. The predicted octanol–water partition coefficient (Wildman–Crippen LogP) is 3.08. The van der Waals surface area contributed by atoms with Gasteiger partial charge in [0.1, 0.15) is 0 Å². The Labute approximate surface area is 131 Å². The first-order chi connectivity index (χ1) is 10.6. The van der Waals surface area contributed by atoms with E-state index in [1.807, 2.05) is 43.3 Å². The molecule has 0 aliphatic rings. The molecule has 0 saturated carbocycles. The molecule has 114 valence electrons. The Morgan fingerprint density at radius 1 is 1.09 bits per heavy atom. The van der Waals surface area contributed by atoms with Gasteiger partial charge >= 0.3 is 0 Å². The highest BCUT2D eigenvalue weighted by Gasteiger charge is 2.04. The predicted molar refractivity (Wildman–Crippen MR) is 91.6 cm³/mol. The molecule has 0 radical (unpaired) electrons. The van der Waals surface area contributed by atoms with Crippen LogP contribution in [0.25, 0.3) is 0 Å². The molecule has 4 nitrogen and oxygen atoms in total. The summed E-state index contributed by atoms with van der Waals surface area (Å²) >= 11 is 0. The molecule has 4 heteroatoms. The number of anilines is 1. The van der Waals surface area contributed by atoms with Gasteiger partial charge in [-0.2, -0.15) is 5.10 Å². The van der Waals surface area contributed by atoms with Crippen molar-refractivity contribution in [3.8, 4) is 0 Å². The minimum atomic E-state index is -0.216.